The van der Waals surface area contributed by atoms with Crippen molar-refractivity contribution in [2.45, 2.75) is 0 Å². The van der Waals surface area contributed by atoms with Crippen LogP contribution >= 0.6 is 23.2 Å². The second-order valence-electron chi connectivity index (χ2n) is 4.71. The first-order valence-electron chi connectivity index (χ1n) is 6.67. The molecule has 0 radical (unpaired) electrons. The van der Waals surface area contributed by atoms with Crippen LogP contribution in [0.3, 0.4) is 0 Å². The Bertz CT molecular complexity index is 856. The van der Waals surface area contributed by atoms with E-state index in [2.05, 4.69) is 5.32 Å². The van der Waals surface area contributed by atoms with Gasteiger partial charge < -0.3 is 15.2 Å². The summed E-state index contributed by atoms with van der Waals surface area (Å²) in [5.74, 6) is -2.00. The fourth-order valence-corrected chi connectivity index (χ4v) is 2.18. The van der Waals surface area contributed by atoms with Gasteiger partial charge in [0, 0.05) is 17.2 Å². The molecule has 0 spiro atoms. The number of nitrogens with zero attached hydrogens (tertiary/aromatic N) is 1. The largest absolute Gasteiger partial charge is 0.507 e. The zero-order valence-corrected chi connectivity index (χ0v) is 13.9. The Hall–Kier alpha value is -2.84. The smallest absolute Gasteiger partial charge is 0.342 e. The van der Waals surface area contributed by atoms with Crippen molar-refractivity contribution in [3.8, 4) is 5.75 Å². The van der Waals surface area contributed by atoms with Crippen LogP contribution in [0.5, 0.6) is 5.75 Å². The predicted octanol–water partition coefficient (Wildman–Crippen LogP) is 3.40. The monoisotopic (exact) mass is 384 g/mol. The van der Waals surface area contributed by atoms with Gasteiger partial charge in [0.25, 0.3) is 11.6 Å². The Morgan fingerprint density at radius 3 is 2.56 bits per heavy atom. The molecular weight excluding hydrogens is 375 g/mol. The van der Waals surface area contributed by atoms with Gasteiger partial charge in [-0.15, -0.1) is 0 Å². The maximum absolute atomic E-state index is 11.8. The number of rotatable bonds is 5. The van der Waals surface area contributed by atoms with E-state index >= 15 is 0 Å². The molecule has 8 nitrogen and oxygen atoms in total. The molecule has 0 saturated carbocycles. The molecular formula is C15H10Cl2N2O6. The van der Waals surface area contributed by atoms with Crippen molar-refractivity contribution in [1.29, 1.82) is 0 Å². The van der Waals surface area contributed by atoms with Crippen LogP contribution in [0.15, 0.2) is 36.4 Å². The van der Waals surface area contributed by atoms with Crippen molar-refractivity contribution >= 4 is 46.5 Å². The first-order valence-corrected chi connectivity index (χ1v) is 7.43. The van der Waals surface area contributed by atoms with E-state index in [0.29, 0.717) is 0 Å². The van der Waals surface area contributed by atoms with Crippen LogP contribution in [-0.4, -0.2) is 28.5 Å². The molecule has 0 saturated heterocycles. The molecule has 0 aromatic heterocycles. The molecule has 0 aliphatic carbocycles. The topological polar surface area (TPSA) is 119 Å². The highest BCUT2D eigenvalue weighted by Crippen LogP contribution is 2.26. The third-order valence-electron chi connectivity index (χ3n) is 2.95. The van der Waals surface area contributed by atoms with Crippen LogP contribution < -0.4 is 5.32 Å². The first kappa shape index (κ1) is 18.5. The number of phenols is 1. The van der Waals surface area contributed by atoms with E-state index < -0.39 is 23.4 Å². The average Bonchev–Trinajstić information content (AvgIpc) is 2.56. The molecule has 2 rings (SSSR count). The van der Waals surface area contributed by atoms with Crippen molar-refractivity contribution in [2.75, 3.05) is 11.9 Å². The minimum Gasteiger partial charge on any atom is -0.507 e. The van der Waals surface area contributed by atoms with Gasteiger partial charge in [0.2, 0.25) is 0 Å². The highest BCUT2D eigenvalue weighted by atomic mass is 35.5. The Kier molecular flexibility index (Phi) is 5.79. The normalized spacial score (nSPS) is 10.2. The van der Waals surface area contributed by atoms with Crippen molar-refractivity contribution in [2.24, 2.45) is 0 Å². The number of hydrogen-bond acceptors (Lipinski definition) is 6. The summed E-state index contributed by atoms with van der Waals surface area (Å²) in [4.78, 5) is 33.6. The quantitative estimate of drug-likeness (QED) is 0.463. The third-order valence-corrected chi connectivity index (χ3v) is 3.50. The SMILES string of the molecule is O=C(COC(=O)c1cc(Cl)ccc1O)Nc1ccc([N+](=O)[O-])cc1Cl. The molecule has 10 heteroatoms. The standard InChI is InChI=1S/C15H10Cl2N2O6/c16-8-1-4-13(20)10(5-8)15(22)25-7-14(21)18-12-3-2-9(19(23)24)6-11(12)17/h1-6,20H,7H2,(H,18,21). The van der Waals surface area contributed by atoms with E-state index in [9.17, 15) is 24.8 Å². The Labute approximate surface area is 151 Å². The molecule has 130 valence electrons. The third kappa shape index (κ3) is 4.82. The van der Waals surface area contributed by atoms with Crippen molar-refractivity contribution in [3.63, 3.8) is 0 Å². The number of nitro groups is 1. The van der Waals surface area contributed by atoms with Crippen LogP contribution in [0.1, 0.15) is 10.4 Å². The number of benzene rings is 2. The maximum atomic E-state index is 11.8. The van der Waals surface area contributed by atoms with E-state index in [4.69, 9.17) is 27.9 Å². The number of phenolic OH excluding ortho intramolecular Hbond substituents is 1. The minimum absolute atomic E-state index is 0.0404. The van der Waals surface area contributed by atoms with Crippen LogP contribution in [0.4, 0.5) is 11.4 Å². The van der Waals surface area contributed by atoms with Crippen molar-refractivity contribution < 1.29 is 24.4 Å². The molecule has 2 aromatic rings. The predicted molar refractivity (Wildman–Crippen MR) is 90.1 cm³/mol. The van der Waals surface area contributed by atoms with E-state index in [1.165, 1.54) is 24.3 Å². The molecule has 0 unspecified atom stereocenters. The van der Waals surface area contributed by atoms with Crippen LogP contribution in [-0.2, 0) is 9.53 Å². The zero-order valence-electron chi connectivity index (χ0n) is 12.4. The van der Waals surface area contributed by atoms with Gasteiger partial charge in [-0.25, -0.2) is 4.79 Å². The average molecular weight is 385 g/mol. The lowest BCUT2D eigenvalue weighted by Gasteiger charge is -2.09. The molecule has 0 fully saturated rings. The molecule has 0 bridgehead atoms. The number of nitro benzene ring substituents is 1. The fourth-order valence-electron chi connectivity index (χ4n) is 1.79. The first-order chi connectivity index (χ1) is 11.8. The molecule has 0 heterocycles. The summed E-state index contributed by atoms with van der Waals surface area (Å²) in [6.07, 6.45) is 0. The Morgan fingerprint density at radius 1 is 1.20 bits per heavy atom. The molecule has 2 N–H and O–H groups in total. The number of halogens is 2. The van der Waals surface area contributed by atoms with Gasteiger partial charge in [-0.3, -0.25) is 14.9 Å². The second-order valence-corrected chi connectivity index (χ2v) is 5.55. The van der Waals surface area contributed by atoms with Gasteiger partial charge in [-0.05, 0) is 24.3 Å². The Balaban J connectivity index is 1.98. The Morgan fingerprint density at radius 2 is 1.92 bits per heavy atom. The maximum Gasteiger partial charge on any atom is 0.342 e. The molecule has 25 heavy (non-hydrogen) atoms. The molecule has 2 aromatic carbocycles. The summed E-state index contributed by atoms with van der Waals surface area (Å²) >= 11 is 11.6. The van der Waals surface area contributed by atoms with E-state index in [1.807, 2.05) is 0 Å². The van der Waals surface area contributed by atoms with Crippen molar-refractivity contribution in [3.05, 3.63) is 62.1 Å². The number of anilines is 1. The zero-order chi connectivity index (χ0) is 18.6. The summed E-state index contributed by atoms with van der Waals surface area (Å²) in [7, 11) is 0. The lowest BCUT2D eigenvalue weighted by atomic mass is 10.2. The van der Waals surface area contributed by atoms with Crippen LogP contribution in [0, 0.1) is 10.1 Å². The highest BCUT2D eigenvalue weighted by molar-refractivity contribution is 6.34. The number of hydrogen-bond donors (Lipinski definition) is 2. The van der Waals surface area contributed by atoms with Gasteiger partial charge in [0.15, 0.2) is 6.61 Å². The number of non-ortho nitro benzene ring substituents is 1. The summed E-state index contributed by atoms with van der Waals surface area (Å²) in [5, 5.41) is 22.7. The fraction of sp³-hybridized carbons (Fsp3) is 0.0667. The number of carbonyl (C=O) groups is 2. The number of aromatic hydroxyl groups is 1. The minimum atomic E-state index is -0.940. The second kappa shape index (κ2) is 7.82. The van der Waals surface area contributed by atoms with Gasteiger partial charge >= 0.3 is 5.97 Å². The van der Waals surface area contributed by atoms with E-state index in [1.54, 1.807) is 0 Å². The summed E-state index contributed by atoms with van der Waals surface area (Å²) < 4.78 is 4.78. The number of amides is 1. The molecule has 0 atom stereocenters. The van der Waals surface area contributed by atoms with Crippen molar-refractivity contribution in [1.82, 2.24) is 0 Å². The van der Waals surface area contributed by atoms with E-state index in [-0.39, 0.29) is 32.7 Å². The number of esters is 1. The van der Waals surface area contributed by atoms with Gasteiger partial charge in [-0.1, -0.05) is 23.2 Å². The lowest BCUT2D eigenvalue weighted by molar-refractivity contribution is -0.384. The summed E-state index contributed by atoms with van der Waals surface area (Å²) in [6.45, 7) is -0.655. The van der Waals surface area contributed by atoms with Gasteiger partial charge in [-0.2, -0.15) is 0 Å². The lowest BCUT2D eigenvalue weighted by Crippen LogP contribution is -2.21. The summed E-state index contributed by atoms with van der Waals surface area (Å²) in [6, 6.07) is 7.30. The number of nitrogens with one attached hydrogen (secondary N) is 1. The highest BCUT2D eigenvalue weighted by Gasteiger charge is 2.16. The summed E-state index contributed by atoms with van der Waals surface area (Å²) in [5.41, 5.74) is -0.293. The van der Waals surface area contributed by atoms with Gasteiger partial charge in [0.1, 0.15) is 11.3 Å². The van der Waals surface area contributed by atoms with Crippen LogP contribution in [0.25, 0.3) is 0 Å². The molecule has 0 aliphatic heterocycles. The van der Waals surface area contributed by atoms with Crippen LogP contribution in [0.2, 0.25) is 10.0 Å². The molecule has 0 aliphatic rings. The number of carbonyl (C=O) groups excluding carboxylic acids is 2. The number of ether oxygens (including phenoxy) is 1. The molecule has 1 amide bonds. The van der Waals surface area contributed by atoms with Gasteiger partial charge in [0.05, 0.1) is 15.6 Å². The van der Waals surface area contributed by atoms with E-state index in [0.717, 1.165) is 12.1 Å².